The van der Waals surface area contributed by atoms with Gasteiger partial charge in [0.25, 0.3) is 6.71 Å². The molecule has 1 aromatic heterocycles. The Morgan fingerprint density at radius 3 is 1.68 bits per heavy atom. The van der Waals surface area contributed by atoms with Gasteiger partial charge in [-0.2, -0.15) is 0 Å². The van der Waals surface area contributed by atoms with Crippen LogP contribution in [0.1, 0.15) is 97.9 Å². The molecular formula is C65H61BN2S. The summed E-state index contributed by atoms with van der Waals surface area (Å²) in [4.78, 5) is 5.24. The summed E-state index contributed by atoms with van der Waals surface area (Å²) < 4.78 is 2.75. The maximum Gasteiger partial charge on any atom is 0.264 e. The Labute approximate surface area is 413 Å². The van der Waals surface area contributed by atoms with Crippen molar-refractivity contribution >= 4 is 110 Å². The SMILES string of the molecule is CCc1ccc2c(c1)B1c3sc4ccc(C(C)(C)C)cc4c3N(c3ccc(C(C)(C)CC)cc3)c3cccc(c31)N2c1ccc(C(C)(C)C)cc1-c1ccc2c3ccccc3c3ccccc3c2c1. The lowest BCUT2D eigenvalue weighted by atomic mass is 9.36. The second kappa shape index (κ2) is 15.7. The summed E-state index contributed by atoms with van der Waals surface area (Å²) in [5.41, 5.74) is 18.1. The molecule has 10 aromatic rings. The van der Waals surface area contributed by atoms with E-state index in [1.165, 1.54) is 126 Å². The minimum absolute atomic E-state index is 0.0150. The third-order valence-corrected chi connectivity index (χ3v) is 17.1. The highest BCUT2D eigenvalue weighted by atomic mass is 32.1. The number of anilines is 6. The molecule has 2 nitrogen and oxygen atoms in total. The normalized spacial score (nSPS) is 13.7. The van der Waals surface area contributed by atoms with E-state index in [0.717, 1.165) is 12.8 Å². The van der Waals surface area contributed by atoms with Crippen molar-refractivity contribution in [2.24, 2.45) is 0 Å². The second-order valence-electron chi connectivity index (χ2n) is 22.5. The summed E-state index contributed by atoms with van der Waals surface area (Å²) in [6.45, 7) is 23.4. The second-order valence-corrected chi connectivity index (χ2v) is 23.5. The van der Waals surface area contributed by atoms with Gasteiger partial charge in [0.05, 0.1) is 11.4 Å². The lowest BCUT2D eigenvalue weighted by Crippen LogP contribution is -2.60. The fourth-order valence-electron chi connectivity index (χ4n) is 11.5. The molecule has 0 saturated carbocycles. The first-order valence-electron chi connectivity index (χ1n) is 25.2. The van der Waals surface area contributed by atoms with Crippen LogP contribution >= 0.6 is 11.3 Å². The van der Waals surface area contributed by atoms with Gasteiger partial charge in [-0.1, -0.05) is 172 Å². The molecule has 340 valence electrons. The Morgan fingerprint density at radius 2 is 1.04 bits per heavy atom. The quantitative estimate of drug-likeness (QED) is 0.121. The van der Waals surface area contributed by atoms with Crippen LogP contribution in [0.2, 0.25) is 0 Å². The van der Waals surface area contributed by atoms with Gasteiger partial charge in [-0.3, -0.25) is 0 Å². The standard InChI is InChI=1S/C65H61BN2S/c1-11-40-24-33-56-54(36-40)66-60-57(67(45-30-26-42(27-31-45)65(9,10)12-2)61-53-39-44(64(6,7)8)29-35-59(53)69-62(61)66)22-17-23-58(60)68(56)55-34-28-43(63(3,4)5)38-51(55)41-25-32-50-48-20-14-13-18-46(48)47-19-15-16-21-49(47)52(50)37-41/h13-39H,11-12H2,1-10H3. The van der Waals surface area contributed by atoms with Gasteiger partial charge < -0.3 is 9.80 Å². The molecule has 4 heteroatoms. The van der Waals surface area contributed by atoms with Gasteiger partial charge in [0, 0.05) is 43.2 Å². The van der Waals surface area contributed by atoms with Gasteiger partial charge in [-0.05, 0) is 161 Å². The molecule has 3 heterocycles. The predicted molar refractivity (Wildman–Crippen MR) is 304 cm³/mol. The van der Waals surface area contributed by atoms with E-state index in [1.807, 2.05) is 11.3 Å². The zero-order chi connectivity index (χ0) is 47.7. The molecule has 9 aromatic carbocycles. The first kappa shape index (κ1) is 43.7. The average Bonchev–Trinajstić information content (AvgIpc) is 3.74. The summed E-state index contributed by atoms with van der Waals surface area (Å²) in [6, 6.07) is 63.6. The van der Waals surface area contributed by atoms with E-state index in [4.69, 9.17) is 0 Å². The smallest absolute Gasteiger partial charge is 0.264 e. The molecule has 0 N–H and O–H groups in total. The highest BCUT2D eigenvalue weighted by Crippen LogP contribution is 2.51. The summed E-state index contributed by atoms with van der Waals surface area (Å²) in [7, 11) is 0. The van der Waals surface area contributed by atoms with Gasteiger partial charge in [0.15, 0.2) is 0 Å². The fraction of sp³-hybridized carbons (Fsp3) is 0.231. The van der Waals surface area contributed by atoms with Crippen LogP contribution in [0.4, 0.5) is 34.1 Å². The van der Waals surface area contributed by atoms with E-state index < -0.39 is 0 Å². The third kappa shape index (κ3) is 6.80. The minimum atomic E-state index is -0.0489. The van der Waals surface area contributed by atoms with Crippen molar-refractivity contribution in [2.75, 3.05) is 9.80 Å². The van der Waals surface area contributed by atoms with Crippen LogP contribution < -0.4 is 25.5 Å². The van der Waals surface area contributed by atoms with Gasteiger partial charge in [-0.25, -0.2) is 0 Å². The first-order chi connectivity index (χ1) is 33.1. The maximum atomic E-state index is 2.62. The van der Waals surface area contributed by atoms with E-state index in [-0.39, 0.29) is 23.0 Å². The predicted octanol–water partition coefficient (Wildman–Crippen LogP) is 17.0. The van der Waals surface area contributed by atoms with Gasteiger partial charge >= 0.3 is 0 Å². The highest BCUT2D eigenvalue weighted by Gasteiger charge is 2.45. The minimum Gasteiger partial charge on any atom is -0.311 e. The van der Waals surface area contributed by atoms with Crippen molar-refractivity contribution in [1.29, 1.82) is 0 Å². The number of hydrogen-bond donors (Lipinski definition) is 0. The number of fused-ring (bicyclic) bond motifs is 12. The molecule has 0 spiro atoms. The van der Waals surface area contributed by atoms with Crippen molar-refractivity contribution in [3.8, 4) is 11.1 Å². The fourth-order valence-corrected chi connectivity index (χ4v) is 12.8. The summed E-state index contributed by atoms with van der Waals surface area (Å²) in [6.07, 6.45) is 2.06. The van der Waals surface area contributed by atoms with Crippen LogP contribution in [0.3, 0.4) is 0 Å². The summed E-state index contributed by atoms with van der Waals surface area (Å²) in [5.74, 6) is 0. The van der Waals surface area contributed by atoms with E-state index in [1.54, 1.807) is 0 Å². The Kier molecular flexibility index (Phi) is 9.93. The van der Waals surface area contributed by atoms with Crippen LogP contribution in [-0.2, 0) is 22.7 Å². The molecule has 2 aliphatic rings. The molecule has 0 bridgehead atoms. The molecule has 12 rings (SSSR count). The van der Waals surface area contributed by atoms with Crippen molar-refractivity contribution in [1.82, 2.24) is 0 Å². The van der Waals surface area contributed by atoms with Crippen LogP contribution in [-0.4, -0.2) is 6.71 Å². The average molecular weight is 913 g/mol. The zero-order valence-corrected chi connectivity index (χ0v) is 42.7. The van der Waals surface area contributed by atoms with E-state index in [9.17, 15) is 0 Å². The van der Waals surface area contributed by atoms with Crippen molar-refractivity contribution in [2.45, 2.75) is 98.3 Å². The topological polar surface area (TPSA) is 6.48 Å². The zero-order valence-electron chi connectivity index (χ0n) is 41.9. The van der Waals surface area contributed by atoms with Crippen LogP contribution in [0.5, 0.6) is 0 Å². The lowest BCUT2D eigenvalue weighted by Gasteiger charge is -2.43. The maximum absolute atomic E-state index is 2.62. The monoisotopic (exact) mass is 912 g/mol. The van der Waals surface area contributed by atoms with E-state index in [2.05, 4.69) is 243 Å². The molecule has 0 saturated heterocycles. The number of thiophene rings is 1. The largest absolute Gasteiger partial charge is 0.311 e. The molecule has 2 aliphatic heterocycles. The number of benzene rings is 9. The Hall–Kier alpha value is -6.62. The molecule has 0 fully saturated rings. The Bertz CT molecular complexity index is 3670. The molecule has 0 aliphatic carbocycles. The van der Waals surface area contributed by atoms with Gasteiger partial charge in [-0.15, -0.1) is 11.3 Å². The molecule has 0 radical (unpaired) electrons. The molecule has 69 heavy (non-hydrogen) atoms. The van der Waals surface area contributed by atoms with Crippen molar-refractivity contribution in [3.63, 3.8) is 0 Å². The van der Waals surface area contributed by atoms with Crippen LogP contribution in [0, 0.1) is 0 Å². The molecule has 0 atom stereocenters. The van der Waals surface area contributed by atoms with Crippen LogP contribution in [0.15, 0.2) is 164 Å². The third-order valence-electron chi connectivity index (χ3n) is 15.9. The molecule has 0 amide bonds. The molecule has 0 unspecified atom stereocenters. The number of nitrogens with zero attached hydrogens (tertiary/aromatic N) is 2. The summed E-state index contributed by atoms with van der Waals surface area (Å²) in [5, 5.41) is 9.09. The van der Waals surface area contributed by atoms with E-state index >= 15 is 0 Å². The summed E-state index contributed by atoms with van der Waals surface area (Å²) >= 11 is 1.99. The van der Waals surface area contributed by atoms with Crippen LogP contribution in [0.25, 0.3) is 53.5 Å². The number of rotatable bonds is 6. The number of aryl methyl sites for hydroxylation is 1. The Morgan fingerprint density at radius 1 is 0.464 bits per heavy atom. The van der Waals surface area contributed by atoms with Gasteiger partial charge in [0.2, 0.25) is 0 Å². The first-order valence-corrected chi connectivity index (χ1v) is 26.0. The van der Waals surface area contributed by atoms with Crippen molar-refractivity contribution in [3.05, 3.63) is 186 Å². The highest BCUT2D eigenvalue weighted by molar-refractivity contribution is 7.33. The van der Waals surface area contributed by atoms with Gasteiger partial charge in [0.1, 0.15) is 0 Å². The van der Waals surface area contributed by atoms with E-state index in [0.29, 0.717) is 0 Å². The lowest BCUT2D eigenvalue weighted by molar-refractivity contribution is 0.506. The number of hydrogen-bond acceptors (Lipinski definition) is 3. The van der Waals surface area contributed by atoms with Crippen molar-refractivity contribution < 1.29 is 0 Å². The Balaban J connectivity index is 1.15. The molecular weight excluding hydrogens is 852 g/mol.